The van der Waals surface area contributed by atoms with Crippen molar-refractivity contribution in [3.8, 4) is 0 Å². The Kier molecular flexibility index (Phi) is 22.2. The van der Waals surface area contributed by atoms with Gasteiger partial charge < -0.3 is 24.8 Å². The molecule has 0 saturated carbocycles. The fourth-order valence-electron chi connectivity index (χ4n) is 4.86. The second-order valence-electron chi connectivity index (χ2n) is 14.4. The van der Waals surface area contributed by atoms with E-state index in [4.69, 9.17) is 14.2 Å². The van der Waals surface area contributed by atoms with E-state index in [1.807, 2.05) is 55.4 Å². The summed E-state index contributed by atoms with van der Waals surface area (Å²) in [5, 5.41) is 13.9. The number of hydrogen-bond acceptors (Lipinski definition) is 11. The monoisotopic (exact) mass is 721 g/mol. The Bertz CT molecular complexity index is 1170. The van der Waals surface area contributed by atoms with Crippen molar-refractivity contribution in [1.82, 2.24) is 25.6 Å². The molecule has 0 aliphatic rings. The SMILES string of the molecule is CC(C)C(=O)CCCCC(COCCC(=O)C(C)C)(COCCC(=O)C(C)C)NC(=O)Cn1cc(CC(=O)NCCOCCC(=O)C(C)C)nn1. The maximum absolute atomic E-state index is 13.5. The third-order valence-corrected chi connectivity index (χ3v) is 8.35. The topological polar surface area (TPSA) is 185 Å². The molecule has 0 spiro atoms. The summed E-state index contributed by atoms with van der Waals surface area (Å²) in [6, 6.07) is 0. The largest absolute Gasteiger partial charge is 0.379 e. The molecule has 290 valence electrons. The Balaban J connectivity index is 2.91. The molecule has 0 aliphatic heterocycles. The van der Waals surface area contributed by atoms with Crippen LogP contribution < -0.4 is 10.6 Å². The average molecular weight is 722 g/mol. The van der Waals surface area contributed by atoms with Crippen LogP contribution in [0, 0.1) is 23.7 Å². The van der Waals surface area contributed by atoms with Crippen LogP contribution in [0.2, 0.25) is 0 Å². The van der Waals surface area contributed by atoms with Gasteiger partial charge in [-0.1, -0.05) is 67.0 Å². The van der Waals surface area contributed by atoms with Gasteiger partial charge in [0, 0.05) is 62.1 Å². The van der Waals surface area contributed by atoms with Crippen molar-refractivity contribution in [3.63, 3.8) is 0 Å². The van der Waals surface area contributed by atoms with Crippen LogP contribution in [-0.2, 0) is 55.9 Å². The van der Waals surface area contributed by atoms with Gasteiger partial charge in [0.1, 0.15) is 29.7 Å². The number of nitrogens with one attached hydrogen (secondary N) is 2. The Morgan fingerprint density at radius 1 is 0.667 bits per heavy atom. The van der Waals surface area contributed by atoms with Gasteiger partial charge in [-0.15, -0.1) is 5.10 Å². The van der Waals surface area contributed by atoms with Crippen LogP contribution in [0.4, 0.5) is 0 Å². The highest BCUT2D eigenvalue weighted by Gasteiger charge is 2.33. The number of amides is 2. The lowest BCUT2D eigenvalue weighted by Crippen LogP contribution is -2.56. The maximum Gasteiger partial charge on any atom is 0.242 e. The van der Waals surface area contributed by atoms with Gasteiger partial charge in [-0.05, 0) is 12.8 Å². The molecule has 14 heteroatoms. The minimum atomic E-state index is -1.01. The van der Waals surface area contributed by atoms with Gasteiger partial charge in [0.2, 0.25) is 11.8 Å². The van der Waals surface area contributed by atoms with Crippen molar-refractivity contribution in [3.05, 3.63) is 11.9 Å². The van der Waals surface area contributed by atoms with E-state index < -0.39 is 11.4 Å². The van der Waals surface area contributed by atoms with E-state index in [9.17, 15) is 28.8 Å². The zero-order valence-electron chi connectivity index (χ0n) is 32.2. The molecule has 1 heterocycles. The number of ketones is 4. The Labute approximate surface area is 303 Å². The summed E-state index contributed by atoms with van der Waals surface area (Å²) >= 11 is 0. The van der Waals surface area contributed by atoms with Crippen molar-refractivity contribution in [2.24, 2.45) is 23.7 Å². The third kappa shape index (κ3) is 20.3. The number of unbranched alkanes of at least 4 members (excludes halogenated alkanes) is 1. The summed E-state index contributed by atoms with van der Waals surface area (Å²) in [4.78, 5) is 74.2. The van der Waals surface area contributed by atoms with Crippen LogP contribution in [0.25, 0.3) is 0 Å². The smallest absolute Gasteiger partial charge is 0.242 e. The quantitative estimate of drug-likeness (QED) is 0.111. The normalized spacial score (nSPS) is 11.8. The molecule has 1 rings (SSSR count). The maximum atomic E-state index is 13.5. The molecule has 2 amide bonds. The van der Waals surface area contributed by atoms with Crippen molar-refractivity contribution in [2.45, 2.75) is 119 Å². The van der Waals surface area contributed by atoms with Crippen LogP contribution in [-0.4, -0.2) is 102 Å². The molecule has 2 N–H and O–H groups in total. The average Bonchev–Trinajstić information content (AvgIpc) is 3.49. The molecular weight excluding hydrogens is 658 g/mol. The lowest BCUT2D eigenvalue weighted by atomic mass is 9.92. The fourth-order valence-corrected chi connectivity index (χ4v) is 4.86. The van der Waals surface area contributed by atoms with E-state index in [0.29, 0.717) is 44.4 Å². The molecule has 0 radical (unpaired) electrons. The molecule has 0 unspecified atom stereocenters. The number of carbonyl (C=O) groups is 6. The van der Waals surface area contributed by atoms with Crippen LogP contribution >= 0.6 is 0 Å². The summed E-state index contributed by atoms with van der Waals surface area (Å²) in [5.41, 5.74) is -0.631. The van der Waals surface area contributed by atoms with Gasteiger partial charge in [-0.2, -0.15) is 0 Å². The Hall–Kier alpha value is -3.36. The van der Waals surface area contributed by atoms with E-state index in [1.54, 1.807) is 0 Å². The molecule has 0 atom stereocenters. The van der Waals surface area contributed by atoms with Crippen LogP contribution in [0.5, 0.6) is 0 Å². The number of nitrogens with zero attached hydrogens (tertiary/aromatic N) is 3. The molecular formula is C37H63N5O9. The number of rotatable bonds is 30. The van der Waals surface area contributed by atoms with E-state index in [2.05, 4.69) is 20.9 Å². The van der Waals surface area contributed by atoms with Crippen molar-refractivity contribution in [2.75, 3.05) is 46.2 Å². The predicted molar refractivity (Wildman–Crippen MR) is 192 cm³/mol. The van der Waals surface area contributed by atoms with Crippen LogP contribution in [0.3, 0.4) is 0 Å². The predicted octanol–water partition coefficient (Wildman–Crippen LogP) is 3.47. The number of Topliss-reactive ketones (excluding diaryl/α,β-unsaturated/α-hetero) is 4. The second-order valence-corrected chi connectivity index (χ2v) is 14.4. The van der Waals surface area contributed by atoms with Gasteiger partial charge in [0.05, 0.1) is 57.3 Å². The second kappa shape index (κ2) is 24.8. The first-order chi connectivity index (χ1) is 24.0. The van der Waals surface area contributed by atoms with E-state index in [0.717, 1.165) is 0 Å². The fraction of sp³-hybridized carbons (Fsp3) is 0.784. The van der Waals surface area contributed by atoms with Gasteiger partial charge >= 0.3 is 0 Å². The number of hydrogen-bond donors (Lipinski definition) is 2. The summed E-state index contributed by atoms with van der Waals surface area (Å²) in [7, 11) is 0. The lowest BCUT2D eigenvalue weighted by molar-refractivity contribution is -0.128. The third-order valence-electron chi connectivity index (χ3n) is 8.35. The van der Waals surface area contributed by atoms with Crippen LogP contribution in [0.1, 0.15) is 106 Å². The Morgan fingerprint density at radius 3 is 1.67 bits per heavy atom. The summed E-state index contributed by atoms with van der Waals surface area (Å²) in [5.74, 6) is -0.604. The summed E-state index contributed by atoms with van der Waals surface area (Å²) in [6.07, 6.45) is 4.34. The highest BCUT2D eigenvalue weighted by molar-refractivity contribution is 5.81. The van der Waals surface area contributed by atoms with Gasteiger partial charge in [0.15, 0.2) is 0 Å². The molecule has 1 aromatic heterocycles. The number of carbonyl (C=O) groups excluding carboxylic acids is 6. The first-order valence-corrected chi connectivity index (χ1v) is 18.4. The molecule has 51 heavy (non-hydrogen) atoms. The standard InChI is InChI=1S/C37H63N5O9/c1-26(2)31(43)11-9-10-15-37(24-50-18-13-33(45)28(5)6,25-51-19-14-34(46)29(7)8)39-36(48)23-42-22-30(40-41-42)21-35(47)38-16-20-49-17-12-32(44)27(3)4/h22,26-29H,9-21,23-25H2,1-8H3,(H,38,47)(H,39,48). The highest BCUT2D eigenvalue weighted by Crippen LogP contribution is 2.20. The number of aromatic nitrogens is 3. The molecule has 1 aromatic rings. The van der Waals surface area contributed by atoms with Crippen molar-refractivity contribution in [1.29, 1.82) is 0 Å². The Morgan fingerprint density at radius 2 is 1.16 bits per heavy atom. The first kappa shape index (κ1) is 45.7. The summed E-state index contributed by atoms with van der Waals surface area (Å²) < 4.78 is 18.7. The van der Waals surface area contributed by atoms with E-state index >= 15 is 0 Å². The van der Waals surface area contributed by atoms with Gasteiger partial charge in [-0.25, -0.2) is 4.68 Å². The van der Waals surface area contributed by atoms with Crippen molar-refractivity contribution < 1.29 is 43.0 Å². The molecule has 0 aliphatic carbocycles. The highest BCUT2D eigenvalue weighted by atomic mass is 16.5. The van der Waals surface area contributed by atoms with Crippen LogP contribution in [0.15, 0.2) is 6.20 Å². The van der Waals surface area contributed by atoms with Gasteiger partial charge in [0.25, 0.3) is 0 Å². The van der Waals surface area contributed by atoms with E-state index in [1.165, 1.54) is 10.9 Å². The molecule has 0 bridgehead atoms. The molecule has 0 fully saturated rings. The number of ether oxygens (including phenoxy) is 3. The van der Waals surface area contributed by atoms with E-state index in [-0.39, 0.29) is 118 Å². The first-order valence-electron chi connectivity index (χ1n) is 18.4. The lowest BCUT2D eigenvalue weighted by Gasteiger charge is -2.35. The van der Waals surface area contributed by atoms with Gasteiger partial charge in [-0.3, -0.25) is 28.8 Å². The molecule has 14 nitrogen and oxygen atoms in total. The summed E-state index contributed by atoms with van der Waals surface area (Å²) in [6.45, 7) is 15.8. The minimum absolute atomic E-state index is 0.0363. The zero-order chi connectivity index (χ0) is 38.4. The molecule has 0 aromatic carbocycles. The van der Waals surface area contributed by atoms with Crippen molar-refractivity contribution >= 4 is 34.9 Å². The molecule has 0 saturated heterocycles. The minimum Gasteiger partial charge on any atom is -0.379 e. The zero-order valence-corrected chi connectivity index (χ0v) is 32.2.